The third-order valence-corrected chi connectivity index (χ3v) is 7.24. The molecule has 116 valence electrons. The quantitative estimate of drug-likeness (QED) is 0.856. The van der Waals surface area contributed by atoms with Gasteiger partial charge in [-0.2, -0.15) is 0 Å². The van der Waals surface area contributed by atoms with Crippen LogP contribution in [0.2, 0.25) is 0 Å². The normalized spacial score (nSPS) is 40.2. The maximum absolute atomic E-state index is 12.0. The van der Waals surface area contributed by atoms with Crippen molar-refractivity contribution in [1.29, 1.82) is 0 Å². The molecule has 0 amide bonds. The number of piperidine rings is 1. The number of hydrogen-bond donors (Lipinski definition) is 1. The van der Waals surface area contributed by atoms with Gasteiger partial charge in [0, 0.05) is 24.9 Å². The fourth-order valence-electron chi connectivity index (χ4n) is 4.61. The van der Waals surface area contributed by atoms with Crippen LogP contribution in [-0.4, -0.2) is 56.5 Å². The fourth-order valence-corrected chi connectivity index (χ4v) is 6.08. The van der Waals surface area contributed by atoms with Crippen LogP contribution in [0.25, 0.3) is 0 Å². The van der Waals surface area contributed by atoms with E-state index in [0.29, 0.717) is 6.04 Å². The first-order chi connectivity index (χ1) is 9.55. The van der Waals surface area contributed by atoms with Crippen LogP contribution in [-0.2, 0) is 9.84 Å². The van der Waals surface area contributed by atoms with Gasteiger partial charge in [0.2, 0.25) is 0 Å². The van der Waals surface area contributed by atoms with E-state index in [9.17, 15) is 8.42 Å². The highest BCUT2D eigenvalue weighted by Crippen LogP contribution is 2.33. The van der Waals surface area contributed by atoms with Gasteiger partial charge in [-0.15, -0.1) is 0 Å². The second-order valence-corrected chi connectivity index (χ2v) is 9.23. The Bertz CT molecular complexity index is 431. The molecule has 5 heteroatoms. The van der Waals surface area contributed by atoms with Crippen LogP contribution in [0.4, 0.5) is 0 Å². The molecule has 0 spiro atoms. The zero-order valence-corrected chi connectivity index (χ0v) is 13.4. The van der Waals surface area contributed by atoms with Gasteiger partial charge in [0.25, 0.3) is 0 Å². The van der Waals surface area contributed by atoms with Gasteiger partial charge >= 0.3 is 0 Å². The first-order valence-electron chi connectivity index (χ1n) is 8.22. The number of nitrogens with zero attached hydrogens (tertiary/aromatic N) is 1. The molecular weight excluding hydrogens is 272 g/mol. The molecular formula is C15H28N2O2S. The second-order valence-electron chi connectivity index (χ2n) is 6.97. The monoisotopic (exact) mass is 300 g/mol. The largest absolute Gasteiger partial charge is 0.314 e. The van der Waals surface area contributed by atoms with Crippen molar-refractivity contribution >= 4 is 9.84 Å². The number of rotatable bonds is 3. The zero-order valence-electron chi connectivity index (χ0n) is 12.6. The summed E-state index contributed by atoms with van der Waals surface area (Å²) in [6.07, 6.45) is 9.59. The highest BCUT2D eigenvalue weighted by molar-refractivity contribution is 7.91. The standard InChI is InChI=1S/C15H28N2O2S/c1-20(18,19)15-8-2-7-14(15)17-10-4-5-12(11-17)13-6-3-9-16-13/h12-16H,2-11H2,1H3. The molecule has 4 atom stereocenters. The van der Waals surface area contributed by atoms with Crippen molar-refractivity contribution in [2.45, 2.75) is 62.3 Å². The zero-order chi connectivity index (χ0) is 14.2. The average Bonchev–Trinajstić information content (AvgIpc) is 3.10. The fraction of sp³-hybridized carbons (Fsp3) is 1.00. The smallest absolute Gasteiger partial charge is 0.151 e. The maximum Gasteiger partial charge on any atom is 0.151 e. The lowest BCUT2D eigenvalue weighted by Crippen LogP contribution is -2.51. The summed E-state index contributed by atoms with van der Waals surface area (Å²) in [7, 11) is -2.89. The highest BCUT2D eigenvalue weighted by atomic mass is 32.2. The van der Waals surface area contributed by atoms with E-state index in [1.165, 1.54) is 31.9 Å². The Labute approximate surface area is 123 Å². The molecule has 1 N–H and O–H groups in total. The molecule has 3 rings (SSSR count). The molecule has 3 aliphatic rings. The molecule has 1 aliphatic carbocycles. The molecule has 1 saturated carbocycles. The average molecular weight is 300 g/mol. The van der Waals surface area contributed by atoms with E-state index in [1.54, 1.807) is 0 Å². The van der Waals surface area contributed by atoms with Crippen LogP contribution in [0.1, 0.15) is 44.9 Å². The van der Waals surface area contributed by atoms with E-state index in [0.717, 1.165) is 44.8 Å². The SMILES string of the molecule is CS(=O)(=O)C1CCCC1N1CCCC(C2CCCN2)C1. The van der Waals surface area contributed by atoms with Crippen molar-refractivity contribution in [1.82, 2.24) is 10.2 Å². The van der Waals surface area contributed by atoms with Gasteiger partial charge in [0.05, 0.1) is 5.25 Å². The maximum atomic E-state index is 12.0. The Kier molecular flexibility index (Phi) is 4.39. The Balaban J connectivity index is 1.67. The van der Waals surface area contributed by atoms with E-state index in [4.69, 9.17) is 0 Å². The molecule has 0 bridgehead atoms. The van der Waals surface area contributed by atoms with Gasteiger partial charge in [0.1, 0.15) is 0 Å². The molecule has 3 fully saturated rings. The van der Waals surface area contributed by atoms with Crippen LogP contribution in [0.3, 0.4) is 0 Å². The minimum atomic E-state index is -2.89. The molecule has 2 heterocycles. The van der Waals surface area contributed by atoms with Gasteiger partial charge in [0.15, 0.2) is 9.84 Å². The molecule has 20 heavy (non-hydrogen) atoms. The molecule has 0 aromatic carbocycles. The Hall–Kier alpha value is -0.130. The van der Waals surface area contributed by atoms with E-state index >= 15 is 0 Å². The molecule has 0 radical (unpaired) electrons. The summed E-state index contributed by atoms with van der Waals surface area (Å²) in [4.78, 5) is 2.51. The van der Waals surface area contributed by atoms with Gasteiger partial charge in [-0.3, -0.25) is 4.90 Å². The Morgan fingerprint density at radius 1 is 1.05 bits per heavy atom. The molecule has 0 aromatic rings. The van der Waals surface area contributed by atoms with Crippen LogP contribution < -0.4 is 5.32 Å². The lowest BCUT2D eigenvalue weighted by atomic mass is 9.89. The van der Waals surface area contributed by atoms with Crippen molar-refractivity contribution in [2.75, 3.05) is 25.9 Å². The number of sulfone groups is 1. The van der Waals surface area contributed by atoms with Crippen molar-refractivity contribution in [3.8, 4) is 0 Å². The molecule has 4 unspecified atom stereocenters. The van der Waals surface area contributed by atoms with Crippen molar-refractivity contribution < 1.29 is 8.42 Å². The lowest BCUT2D eigenvalue weighted by Gasteiger charge is -2.40. The molecule has 4 nitrogen and oxygen atoms in total. The van der Waals surface area contributed by atoms with Crippen LogP contribution in [0.5, 0.6) is 0 Å². The third kappa shape index (κ3) is 3.04. The Morgan fingerprint density at radius 2 is 1.90 bits per heavy atom. The minimum Gasteiger partial charge on any atom is -0.314 e. The first kappa shape index (κ1) is 14.8. The van der Waals surface area contributed by atoms with Gasteiger partial charge < -0.3 is 5.32 Å². The Morgan fingerprint density at radius 3 is 2.60 bits per heavy atom. The van der Waals surface area contributed by atoms with Crippen molar-refractivity contribution in [3.05, 3.63) is 0 Å². The van der Waals surface area contributed by atoms with E-state index in [2.05, 4.69) is 10.2 Å². The van der Waals surface area contributed by atoms with Gasteiger partial charge in [-0.25, -0.2) is 8.42 Å². The van der Waals surface area contributed by atoms with Crippen LogP contribution in [0.15, 0.2) is 0 Å². The van der Waals surface area contributed by atoms with Crippen molar-refractivity contribution in [3.63, 3.8) is 0 Å². The third-order valence-electron chi connectivity index (χ3n) is 5.59. The first-order valence-corrected chi connectivity index (χ1v) is 10.2. The summed E-state index contributed by atoms with van der Waals surface area (Å²) in [5.74, 6) is 0.729. The molecule has 2 saturated heterocycles. The van der Waals surface area contributed by atoms with Crippen LogP contribution >= 0.6 is 0 Å². The van der Waals surface area contributed by atoms with Gasteiger partial charge in [-0.1, -0.05) is 6.42 Å². The predicted octanol–water partition coefficient (Wildman–Crippen LogP) is 1.42. The van der Waals surface area contributed by atoms with E-state index < -0.39 is 9.84 Å². The lowest BCUT2D eigenvalue weighted by molar-refractivity contribution is 0.110. The minimum absolute atomic E-state index is 0.113. The summed E-state index contributed by atoms with van der Waals surface area (Å²) < 4.78 is 24.0. The highest BCUT2D eigenvalue weighted by Gasteiger charge is 2.40. The number of nitrogens with one attached hydrogen (secondary N) is 1. The predicted molar refractivity (Wildman–Crippen MR) is 81.6 cm³/mol. The van der Waals surface area contributed by atoms with Crippen LogP contribution in [0, 0.1) is 5.92 Å². The van der Waals surface area contributed by atoms with Crippen molar-refractivity contribution in [2.24, 2.45) is 5.92 Å². The van der Waals surface area contributed by atoms with E-state index in [-0.39, 0.29) is 11.3 Å². The molecule has 2 aliphatic heterocycles. The summed E-state index contributed by atoms with van der Waals surface area (Å²) in [5, 5.41) is 3.52. The topological polar surface area (TPSA) is 49.4 Å². The molecule has 0 aromatic heterocycles. The summed E-state index contributed by atoms with van der Waals surface area (Å²) in [5.41, 5.74) is 0. The number of likely N-dealkylation sites (tertiary alicyclic amines) is 1. The van der Waals surface area contributed by atoms with E-state index in [1.807, 2.05) is 0 Å². The van der Waals surface area contributed by atoms with Gasteiger partial charge in [-0.05, 0) is 57.5 Å². The summed E-state index contributed by atoms with van der Waals surface area (Å²) >= 11 is 0. The summed E-state index contributed by atoms with van der Waals surface area (Å²) in [6, 6.07) is 0.963. The summed E-state index contributed by atoms with van der Waals surface area (Å²) in [6.45, 7) is 3.37. The number of hydrogen-bond acceptors (Lipinski definition) is 4. The second kappa shape index (κ2) is 5.93.